The molecule has 0 amide bonds. The highest BCUT2D eigenvalue weighted by atomic mass is 16.4. The van der Waals surface area contributed by atoms with Gasteiger partial charge in [-0.05, 0) is 18.8 Å². The molecule has 2 aromatic heterocycles. The first-order valence-electron chi connectivity index (χ1n) is 5.02. The van der Waals surface area contributed by atoms with E-state index in [9.17, 15) is 4.79 Å². The molecule has 0 unspecified atom stereocenters. The Hall–Kier alpha value is -1.78. The van der Waals surface area contributed by atoms with Crippen molar-refractivity contribution in [3.05, 3.63) is 24.2 Å². The summed E-state index contributed by atoms with van der Waals surface area (Å²) in [6.07, 6.45) is 6.31. The average molecular weight is 205 g/mol. The molecule has 2 aromatic rings. The second-order valence-electron chi connectivity index (χ2n) is 4.03. The first-order chi connectivity index (χ1) is 7.24. The first-order valence-corrected chi connectivity index (χ1v) is 5.02. The van der Waals surface area contributed by atoms with Crippen LogP contribution in [0, 0.1) is 5.92 Å². The maximum Gasteiger partial charge on any atom is 0.356 e. The lowest BCUT2D eigenvalue weighted by Crippen LogP contribution is -1.97. The zero-order valence-electron chi connectivity index (χ0n) is 8.13. The van der Waals surface area contributed by atoms with Gasteiger partial charge in [0.2, 0.25) is 0 Å². The number of hydrogen-bond acceptors (Lipinski definition) is 2. The standard InChI is InChI=1S/C10H11N3O2/c14-10(15)8-5-9-12(6-7-1-2-7)3-4-13(9)11-8/h3-5,7H,1-2,6H2,(H,14,15). The molecule has 0 atom stereocenters. The van der Waals surface area contributed by atoms with Gasteiger partial charge in [0.05, 0.1) is 0 Å². The average Bonchev–Trinajstić information content (AvgIpc) is 2.76. The van der Waals surface area contributed by atoms with Gasteiger partial charge in [0.1, 0.15) is 5.65 Å². The summed E-state index contributed by atoms with van der Waals surface area (Å²) < 4.78 is 3.68. The molecule has 0 radical (unpaired) electrons. The molecule has 1 saturated carbocycles. The molecule has 15 heavy (non-hydrogen) atoms. The number of hydrogen-bond donors (Lipinski definition) is 1. The molecule has 1 N–H and O–H groups in total. The van der Waals surface area contributed by atoms with Gasteiger partial charge in [-0.2, -0.15) is 5.10 Å². The number of fused-ring (bicyclic) bond motifs is 1. The SMILES string of the molecule is O=C(O)c1cc2n(CC3CC3)ccn2n1. The number of carboxylic acids is 1. The molecule has 5 nitrogen and oxygen atoms in total. The normalized spacial score (nSPS) is 16.0. The molecular weight excluding hydrogens is 194 g/mol. The van der Waals surface area contributed by atoms with E-state index in [2.05, 4.69) is 9.67 Å². The predicted molar refractivity (Wildman–Crippen MR) is 52.9 cm³/mol. The Morgan fingerprint density at radius 2 is 2.33 bits per heavy atom. The van der Waals surface area contributed by atoms with E-state index in [1.165, 1.54) is 12.8 Å². The van der Waals surface area contributed by atoms with E-state index in [4.69, 9.17) is 5.11 Å². The summed E-state index contributed by atoms with van der Waals surface area (Å²) in [6, 6.07) is 1.62. The van der Waals surface area contributed by atoms with Gasteiger partial charge in [0.25, 0.3) is 0 Å². The van der Waals surface area contributed by atoms with E-state index in [0.717, 1.165) is 18.1 Å². The molecule has 0 aromatic carbocycles. The Morgan fingerprint density at radius 1 is 1.53 bits per heavy atom. The number of imidazole rings is 1. The van der Waals surface area contributed by atoms with Crippen LogP contribution in [0.2, 0.25) is 0 Å². The largest absolute Gasteiger partial charge is 0.476 e. The van der Waals surface area contributed by atoms with Gasteiger partial charge in [-0.15, -0.1) is 0 Å². The molecule has 78 valence electrons. The fourth-order valence-corrected chi connectivity index (χ4v) is 1.77. The summed E-state index contributed by atoms with van der Waals surface area (Å²) in [7, 11) is 0. The molecular formula is C10H11N3O2. The van der Waals surface area contributed by atoms with Gasteiger partial charge < -0.3 is 9.67 Å². The molecule has 0 spiro atoms. The van der Waals surface area contributed by atoms with Crippen LogP contribution in [0.15, 0.2) is 18.5 Å². The molecule has 0 aliphatic heterocycles. The summed E-state index contributed by atoms with van der Waals surface area (Å²) >= 11 is 0. The minimum atomic E-state index is -0.975. The third-order valence-electron chi connectivity index (χ3n) is 2.77. The summed E-state index contributed by atoms with van der Waals surface area (Å²) in [4.78, 5) is 10.7. The number of nitrogens with zero attached hydrogens (tertiary/aromatic N) is 3. The van der Waals surface area contributed by atoms with Crippen LogP contribution in [0.25, 0.3) is 5.65 Å². The van der Waals surface area contributed by atoms with Crippen LogP contribution in [0.3, 0.4) is 0 Å². The van der Waals surface area contributed by atoms with Crippen LogP contribution in [0.4, 0.5) is 0 Å². The van der Waals surface area contributed by atoms with Gasteiger partial charge in [-0.1, -0.05) is 0 Å². The molecule has 1 aliphatic rings. The van der Waals surface area contributed by atoms with E-state index in [1.54, 1.807) is 16.8 Å². The minimum Gasteiger partial charge on any atom is -0.476 e. The lowest BCUT2D eigenvalue weighted by Gasteiger charge is -1.99. The summed E-state index contributed by atoms with van der Waals surface area (Å²) in [5, 5.41) is 12.8. The van der Waals surface area contributed by atoms with Gasteiger partial charge in [-0.25, -0.2) is 9.31 Å². The number of carbonyl (C=O) groups is 1. The zero-order valence-corrected chi connectivity index (χ0v) is 8.13. The number of carboxylic acid groups (broad SMARTS) is 1. The van der Waals surface area contributed by atoms with Gasteiger partial charge in [0, 0.05) is 25.0 Å². The van der Waals surface area contributed by atoms with Crippen molar-refractivity contribution in [2.24, 2.45) is 5.92 Å². The smallest absolute Gasteiger partial charge is 0.356 e. The van der Waals surface area contributed by atoms with Gasteiger partial charge in [-0.3, -0.25) is 0 Å². The topological polar surface area (TPSA) is 59.5 Å². The van der Waals surface area contributed by atoms with Crippen molar-refractivity contribution in [2.45, 2.75) is 19.4 Å². The number of aromatic nitrogens is 3. The molecule has 1 fully saturated rings. The van der Waals surface area contributed by atoms with Crippen molar-refractivity contribution in [3.8, 4) is 0 Å². The maximum absolute atomic E-state index is 10.7. The highest BCUT2D eigenvalue weighted by Crippen LogP contribution is 2.31. The quantitative estimate of drug-likeness (QED) is 0.820. The van der Waals surface area contributed by atoms with Crippen molar-refractivity contribution >= 4 is 11.6 Å². The van der Waals surface area contributed by atoms with Crippen molar-refractivity contribution in [3.63, 3.8) is 0 Å². The maximum atomic E-state index is 10.7. The lowest BCUT2D eigenvalue weighted by atomic mass is 10.4. The number of aromatic carboxylic acids is 1. The monoisotopic (exact) mass is 205 g/mol. The molecule has 5 heteroatoms. The Morgan fingerprint density at radius 3 is 3.00 bits per heavy atom. The summed E-state index contributed by atoms with van der Waals surface area (Å²) in [5.74, 6) is -0.207. The molecule has 1 aliphatic carbocycles. The molecule has 0 bridgehead atoms. The fourth-order valence-electron chi connectivity index (χ4n) is 1.77. The molecule has 0 saturated heterocycles. The van der Waals surface area contributed by atoms with E-state index < -0.39 is 5.97 Å². The van der Waals surface area contributed by atoms with Crippen LogP contribution in [-0.4, -0.2) is 25.3 Å². The van der Waals surface area contributed by atoms with Crippen molar-refractivity contribution in [2.75, 3.05) is 0 Å². The zero-order chi connectivity index (χ0) is 10.4. The van der Waals surface area contributed by atoms with Crippen LogP contribution in [0.5, 0.6) is 0 Å². The fraction of sp³-hybridized carbons (Fsp3) is 0.400. The van der Waals surface area contributed by atoms with Gasteiger partial charge in [0.15, 0.2) is 5.69 Å². The minimum absolute atomic E-state index is 0.107. The third-order valence-corrected chi connectivity index (χ3v) is 2.77. The van der Waals surface area contributed by atoms with Crippen LogP contribution < -0.4 is 0 Å². The van der Waals surface area contributed by atoms with Crippen molar-refractivity contribution in [1.29, 1.82) is 0 Å². The second-order valence-corrected chi connectivity index (χ2v) is 4.03. The summed E-state index contributed by atoms with van der Waals surface area (Å²) in [5.41, 5.74) is 0.967. The van der Waals surface area contributed by atoms with Crippen LogP contribution in [0.1, 0.15) is 23.3 Å². The predicted octanol–water partition coefficient (Wildman–Crippen LogP) is 1.24. The Bertz CT molecular complexity index is 522. The van der Waals surface area contributed by atoms with E-state index in [-0.39, 0.29) is 5.69 Å². The number of rotatable bonds is 3. The van der Waals surface area contributed by atoms with E-state index >= 15 is 0 Å². The van der Waals surface area contributed by atoms with E-state index in [1.807, 2.05) is 6.20 Å². The Balaban J connectivity index is 2.02. The molecule has 2 heterocycles. The highest BCUT2D eigenvalue weighted by Gasteiger charge is 2.22. The first kappa shape index (κ1) is 8.52. The van der Waals surface area contributed by atoms with Crippen LogP contribution >= 0.6 is 0 Å². The Labute approximate surface area is 85.9 Å². The van der Waals surface area contributed by atoms with Crippen LogP contribution in [-0.2, 0) is 6.54 Å². The third kappa shape index (κ3) is 1.40. The summed E-state index contributed by atoms with van der Waals surface area (Å²) in [6.45, 7) is 0.973. The van der Waals surface area contributed by atoms with Crippen molar-refractivity contribution < 1.29 is 9.90 Å². The molecule has 3 rings (SSSR count). The van der Waals surface area contributed by atoms with Gasteiger partial charge >= 0.3 is 5.97 Å². The van der Waals surface area contributed by atoms with E-state index in [0.29, 0.717) is 0 Å². The van der Waals surface area contributed by atoms with Crippen molar-refractivity contribution in [1.82, 2.24) is 14.2 Å². The second kappa shape index (κ2) is 2.85. The highest BCUT2D eigenvalue weighted by molar-refractivity contribution is 5.86. The Kier molecular flexibility index (Phi) is 1.62. The lowest BCUT2D eigenvalue weighted by molar-refractivity contribution is 0.0690.